The fraction of sp³-hybridized carbons (Fsp3) is 0.429. The molecule has 1 saturated heterocycles. The molecular weight excluding hydrogens is 457 g/mol. The Morgan fingerprint density at radius 1 is 1.11 bits per heavy atom. The van der Waals surface area contributed by atoms with Crippen molar-refractivity contribution in [3.05, 3.63) is 66.4 Å². The van der Waals surface area contributed by atoms with Crippen molar-refractivity contribution < 1.29 is 13.9 Å². The Kier molecular flexibility index (Phi) is 6.60. The zero-order valence-corrected chi connectivity index (χ0v) is 21.1. The summed E-state index contributed by atoms with van der Waals surface area (Å²) in [6.45, 7) is 8.49. The molecule has 7 nitrogen and oxygen atoms in total. The zero-order valence-electron chi connectivity index (χ0n) is 21.1. The maximum Gasteiger partial charge on any atom is 0.407 e. The molecule has 3 heterocycles. The van der Waals surface area contributed by atoms with Crippen molar-refractivity contribution in [1.29, 1.82) is 0 Å². The Morgan fingerprint density at radius 3 is 2.58 bits per heavy atom. The molecule has 1 unspecified atom stereocenters. The topological polar surface area (TPSA) is 71.4 Å². The molecular formula is C28H34FN5O2. The van der Waals surface area contributed by atoms with E-state index in [1.54, 1.807) is 12.1 Å². The van der Waals surface area contributed by atoms with E-state index in [1.165, 1.54) is 5.69 Å². The van der Waals surface area contributed by atoms with Gasteiger partial charge in [0.05, 0.1) is 24.3 Å². The van der Waals surface area contributed by atoms with Gasteiger partial charge < -0.3 is 24.8 Å². The molecule has 0 saturated carbocycles. The summed E-state index contributed by atoms with van der Waals surface area (Å²) in [5, 5.41) is 6.08. The van der Waals surface area contributed by atoms with E-state index in [2.05, 4.69) is 49.4 Å². The van der Waals surface area contributed by atoms with E-state index < -0.39 is 11.7 Å². The molecule has 1 atom stereocenters. The minimum Gasteiger partial charge on any atom is -0.444 e. The lowest BCUT2D eigenvalue weighted by molar-refractivity contribution is 0.0530. The van der Waals surface area contributed by atoms with Crippen LogP contribution in [0.3, 0.4) is 0 Å². The number of nitrogens with one attached hydrogen (secondary N) is 2. The number of hydrogen-bond acceptors (Lipinski definition) is 5. The first-order chi connectivity index (χ1) is 17.3. The highest BCUT2D eigenvalue weighted by Gasteiger charge is 2.37. The molecule has 0 aliphatic carbocycles. The SMILES string of the molecule is CC(C)(C)OC(=O)NCCNc1ccc(N2CCC(C3c4c(F)cccc4-c4cncn43)CC2)cc1. The van der Waals surface area contributed by atoms with Crippen molar-refractivity contribution in [2.24, 2.45) is 5.92 Å². The van der Waals surface area contributed by atoms with Gasteiger partial charge >= 0.3 is 6.09 Å². The Balaban J connectivity index is 1.14. The van der Waals surface area contributed by atoms with Crippen LogP contribution in [-0.4, -0.2) is 47.4 Å². The largest absolute Gasteiger partial charge is 0.444 e. The van der Waals surface area contributed by atoms with Crippen LogP contribution in [0.1, 0.15) is 45.2 Å². The number of halogens is 1. The molecule has 2 aliphatic heterocycles. The molecule has 8 heteroatoms. The van der Waals surface area contributed by atoms with Gasteiger partial charge in [0.15, 0.2) is 0 Å². The monoisotopic (exact) mass is 491 g/mol. The van der Waals surface area contributed by atoms with Crippen LogP contribution >= 0.6 is 0 Å². The molecule has 2 aliphatic rings. The second-order valence-electron chi connectivity index (χ2n) is 10.6. The number of fused-ring (bicyclic) bond motifs is 3. The number of benzene rings is 2. The number of anilines is 2. The number of carbonyl (C=O) groups excluding carboxylic acids is 1. The van der Waals surface area contributed by atoms with Crippen molar-refractivity contribution in [2.75, 3.05) is 36.4 Å². The lowest BCUT2D eigenvalue weighted by atomic mass is 9.85. The van der Waals surface area contributed by atoms with Crippen molar-refractivity contribution in [3.8, 4) is 11.3 Å². The van der Waals surface area contributed by atoms with E-state index in [-0.39, 0.29) is 11.9 Å². The molecule has 2 N–H and O–H groups in total. The van der Waals surface area contributed by atoms with Gasteiger partial charge in [0.1, 0.15) is 11.4 Å². The van der Waals surface area contributed by atoms with E-state index in [1.807, 2.05) is 39.4 Å². The first-order valence-electron chi connectivity index (χ1n) is 12.7. The van der Waals surface area contributed by atoms with Gasteiger partial charge in [-0.1, -0.05) is 12.1 Å². The van der Waals surface area contributed by atoms with Gasteiger partial charge in [-0.15, -0.1) is 0 Å². The Labute approximate surface area is 211 Å². The summed E-state index contributed by atoms with van der Waals surface area (Å²) in [4.78, 5) is 18.5. The van der Waals surface area contributed by atoms with Crippen molar-refractivity contribution in [3.63, 3.8) is 0 Å². The second-order valence-corrected chi connectivity index (χ2v) is 10.6. The van der Waals surface area contributed by atoms with Crippen LogP contribution in [0.25, 0.3) is 11.3 Å². The van der Waals surface area contributed by atoms with Gasteiger partial charge in [0, 0.05) is 48.7 Å². The third kappa shape index (κ3) is 5.03. The minimum absolute atomic E-state index is 0.0155. The summed E-state index contributed by atoms with van der Waals surface area (Å²) in [6.07, 6.45) is 5.27. The van der Waals surface area contributed by atoms with Gasteiger partial charge in [-0.25, -0.2) is 14.2 Å². The van der Waals surface area contributed by atoms with Crippen molar-refractivity contribution in [1.82, 2.24) is 14.9 Å². The number of rotatable bonds is 6. The first kappa shape index (κ1) is 24.2. The van der Waals surface area contributed by atoms with Crippen LogP contribution in [0.2, 0.25) is 0 Å². The summed E-state index contributed by atoms with van der Waals surface area (Å²) in [5.41, 5.74) is 4.51. The number of amides is 1. The normalized spacial score (nSPS) is 17.4. The molecule has 3 aromatic rings. The van der Waals surface area contributed by atoms with Crippen LogP contribution in [0.5, 0.6) is 0 Å². The maximum atomic E-state index is 14.9. The third-order valence-corrected chi connectivity index (χ3v) is 6.93. The number of alkyl carbamates (subject to hydrolysis) is 1. The molecule has 0 spiro atoms. The standard InChI is InChI=1S/C28H34FN5O2/c1-28(2,3)36-27(35)32-14-13-31-20-7-9-21(10-8-20)33-15-11-19(12-16-33)26-25-22(5-4-6-23(25)29)24-17-30-18-34(24)26/h4-10,17-19,26,31H,11-16H2,1-3H3,(H,32,35). The Hall–Kier alpha value is -3.55. The highest BCUT2D eigenvalue weighted by atomic mass is 19.1. The fourth-order valence-corrected chi connectivity index (χ4v) is 5.35. The second kappa shape index (κ2) is 9.84. The Bertz CT molecular complexity index is 1210. The number of carbonyl (C=O) groups is 1. The highest BCUT2D eigenvalue weighted by molar-refractivity contribution is 5.69. The van der Waals surface area contributed by atoms with Crippen molar-refractivity contribution in [2.45, 2.75) is 45.3 Å². The lowest BCUT2D eigenvalue weighted by Crippen LogP contribution is -2.36. The molecule has 36 heavy (non-hydrogen) atoms. The summed E-state index contributed by atoms with van der Waals surface area (Å²) in [7, 11) is 0. The van der Waals surface area contributed by atoms with Crippen molar-refractivity contribution >= 4 is 17.5 Å². The maximum absolute atomic E-state index is 14.9. The molecule has 1 amide bonds. The lowest BCUT2D eigenvalue weighted by Gasteiger charge is -2.37. The average molecular weight is 492 g/mol. The number of aromatic nitrogens is 2. The van der Waals surface area contributed by atoms with E-state index in [0.717, 1.165) is 48.4 Å². The summed E-state index contributed by atoms with van der Waals surface area (Å²) < 4.78 is 22.3. The minimum atomic E-state index is -0.498. The van der Waals surface area contributed by atoms with Crippen LogP contribution in [0.15, 0.2) is 55.0 Å². The van der Waals surface area contributed by atoms with E-state index in [0.29, 0.717) is 19.0 Å². The Morgan fingerprint density at radius 2 is 1.86 bits per heavy atom. The van der Waals surface area contributed by atoms with E-state index in [9.17, 15) is 9.18 Å². The van der Waals surface area contributed by atoms with Gasteiger partial charge in [-0.2, -0.15) is 0 Å². The molecule has 190 valence electrons. The molecule has 1 fully saturated rings. The van der Waals surface area contributed by atoms with Crippen LogP contribution in [0, 0.1) is 11.7 Å². The number of ether oxygens (including phenoxy) is 1. The van der Waals surface area contributed by atoms with Crippen LogP contribution in [0.4, 0.5) is 20.6 Å². The molecule has 0 bridgehead atoms. The van der Waals surface area contributed by atoms with Gasteiger partial charge in [0.25, 0.3) is 0 Å². The summed E-state index contributed by atoms with van der Waals surface area (Å²) in [6, 6.07) is 13.8. The van der Waals surface area contributed by atoms with E-state index in [4.69, 9.17) is 4.74 Å². The molecule has 5 rings (SSSR count). The highest BCUT2D eigenvalue weighted by Crippen LogP contribution is 2.46. The first-order valence-corrected chi connectivity index (χ1v) is 12.7. The zero-order chi connectivity index (χ0) is 25.3. The smallest absolute Gasteiger partial charge is 0.407 e. The van der Waals surface area contributed by atoms with Gasteiger partial charge in [-0.05, 0) is 69.9 Å². The number of piperidine rings is 1. The predicted molar refractivity (Wildman–Crippen MR) is 140 cm³/mol. The predicted octanol–water partition coefficient (Wildman–Crippen LogP) is 5.45. The van der Waals surface area contributed by atoms with Gasteiger partial charge in [0.2, 0.25) is 0 Å². The quantitative estimate of drug-likeness (QED) is 0.449. The van der Waals surface area contributed by atoms with E-state index >= 15 is 0 Å². The number of hydrogen-bond donors (Lipinski definition) is 2. The summed E-state index contributed by atoms with van der Waals surface area (Å²) >= 11 is 0. The third-order valence-electron chi connectivity index (χ3n) is 6.93. The molecule has 0 radical (unpaired) electrons. The fourth-order valence-electron chi connectivity index (χ4n) is 5.35. The molecule has 1 aromatic heterocycles. The van der Waals surface area contributed by atoms with Gasteiger partial charge in [-0.3, -0.25) is 0 Å². The van der Waals surface area contributed by atoms with Crippen LogP contribution in [-0.2, 0) is 4.74 Å². The van der Waals surface area contributed by atoms with Crippen LogP contribution < -0.4 is 15.5 Å². The summed E-state index contributed by atoms with van der Waals surface area (Å²) in [5.74, 6) is 0.249. The average Bonchev–Trinajstić information content (AvgIpc) is 3.43. The number of nitrogens with zero attached hydrogens (tertiary/aromatic N) is 3. The molecule has 2 aromatic carbocycles. The number of imidazole rings is 1.